The molecule has 1 aromatic carbocycles. The molecule has 4 rings (SSSR count). The van der Waals surface area contributed by atoms with Crippen LogP contribution in [-0.4, -0.2) is 52.3 Å². The highest BCUT2D eigenvalue weighted by atomic mass is 32.2. The predicted molar refractivity (Wildman–Crippen MR) is 132 cm³/mol. The zero-order valence-electron chi connectivity index (χ0n) is 20.1. The summed E-state index contributed by atoms with van der Waals surface area (Å²) >= 11 is 0.514. The van der Waals surface area contributed by atoms with Gasteiger partial charge in [-0.15, -0.1) is 0 Å². The Morgan fingerprint density at radius 1 is 1.22 bits per heavy atom. The SMILES string of the molecule is CC(C)C1CCOC1=O.C[P@@](OCC1CC(F)(F)C(Sn2ccc(=O)[nH]c2=O)O1)Oc1ccccc1. The van der Waals surface area contributed by atoms with Crippen molar-refractivity contribution in [2.45, 2.75) is 44.2 Å². The van der Waals surface area contributed by atoms with Crippen LogP contribution < -0.4 is 15.8 Å². The number of aromatic nitrogens is 2. The third-order valence-corrected chi connectivity index (χ3v) is 7.50. The van der Waals surface area contributed by atoms with Gasteiger partial charge < -0.3 is 18.5 Å². The second kappa shape index (κ2) is 12.8. The highest BCUT2D eigenvalue weighted by molar-refractivity contribution is 7.98. The van der Waals surface area contributed by atoms with Gasteiger partial charge in [0.15, 0.2) is 5.44 Å². The van der Waals surface area contributed by atoms with E-state index in [0.29, 0.717) is 30.2 Å². The number of halogens is 2. The summed E-state index contributed by atoms with van der Waals surface area (Å²) in [6, 6.07) is 10.1. The van der Waals surface area contributed by atoms with Crippen molar-refractivity contribution in [3.63, 3.8) is 0 Å². The molecule has 4 atom stereocenters. The van der Waals surface area contributed by atoms with Crippen LogP contribution in [0.3, 0.4) is 0 Å². The number of esters is 1. The van der Waals surface area contributed by atoms with Crippen molar-refractivity contribution in [2.75, 3.05) is 19.9 Å². The highest BCUT2D eigenvalue weighted by Crippen LogP contribution is 2.43. The topological polar surface area (TPSA) is 109 Å². The molecular weight excluding hydrogens is 517 g/mol. The number of hydrogen-bond acceptors (Lipinski definition) is 8. The summed E-state index contributed by atoms with van der Waals surface area (Å²) < 4.78 is 50.6. The highest BCUT2D eigenvalue weighted by Gasteiger charge is 2.51. The fraction of sp³-hybridized carbons (Fsp3) is 0.522. The average Bonchev–Trinajstić information content (AvgIpc) is 3.37. The summed E-state index contributed by atoms with van der Waals surface area (Å²) in [5, 5.41) is 0. The first kappa shape index (κ1) is 28.3. The molecule has 13 heteroatoms. The normalized spacial score (nSPS) is 23.6. The van der Waals surface area contributed by atoms with Gasteiger partial charge in [0, 0.05) is 25.3 Å². The minimum absolute atomic E-state index is 0.00926. The van der Waals surface area contributed by atoms with Crippen LogP contribution in [0.15, 0.2) is 52.2 Å². The Morgan fingerprint density at radius 2 is 1.94 bits per heavy atom. The number of para-hydroxylation sites is 1. The molecule has 1 N–H and O–H groups in total. The summed E-state index contributed by atoms with van der Waals surface area (Å²) in [7, 11) is -1.30. The number of cyclic esters (lactones) is 1. The van der Waals surface area contributed by atoms with E-state index in [4.69, 9.17) is 18.5 Å². The van der Waals surface area contributed by atoms with E-state index in [0.717, 1.165) is 22.7 Å². The van der Waals surface area contributed by atoms with Gasteiger partial charge in [-0.25, -0.2) is 17.5 Å². The summed E-state index contributed by atoms with van der Waals surface area (Å²) in [6.07, 6.45) is 0.683. The zero-order chi connectivity index (χ0) is 26.3. The minimum atomic E-state index is -3.15. The molecule has 2 saturated heterocycles. The van der Waals surface area contributed by atoms with Gasteiger partial charge in [0.2, 0.25) is 8.38 Å². The van der Waals surface area contributed by atoms with Crippen molar-refractivity contribution in [2.24, 2.45) is 11.8 Å². The molecule has 3 unspecified atom stereocenters. The Morgan fingerprint density at radius 3 is 2.53 bits per heavy atom. The number of hydrogen-bond donors (Lipinski definition) is 1. The van der Waals surface area contributed by atoms with Gasteiger partial charge in [-0.1, -0.05) is 32.0 Å². The number of aromatic amines is 1. The van der Waals surface area contributed by atoms with Gasteiger partial charge in [-0.3, -0.25) is 14.6 Å². The Hall–Kier alpha value is -2.27. The van der Waals surface area contributed by atoms with E-state index in [1.54, 1.807) is 18.8 Å². The van der Waals surface area contributed by atoms with E-state index >= 15 is 0 Å². The van der Waals surface area contributed by atoms with Crippen LogP contribution >= 0.6 is 20.3 Å². The van der Waals surface area contributed by atoms with Crippen LogP contribution in [0.1, 0.15) is 26.7 Å². The lowest BCUT2D eigenvalue weighted by molar-refractivity contribution is -0.142. The van der Waals surface area contributed by atoms with Crippen molar-refractivity contribution >= 4 is 26.3 Å². The molecule has 36 heavy (non-hydrogen) atoms. The monoisotopic (exact) mass is 546 g/mol. The number of benzene rings is 1. The van der Waals surface area contributed by atoms with E-state index in [-0.39, 0.29) is 18.5 Å². The molecule has 2 aliphatic rings. The van der Waals surface area contributed by atoms with Crippen LogP contribution in [0.2, 0.25) is 0 Å². The maximum absolute atomic E-state index is 14.2. The van der Waals surface area contributed by atoms with Gasteiger partial charge >= 0.3 is 11.7 Å². The van der Waals surface area contributed by atoms with Crippen LogP contribution in [0.5, 0.6) is 5.75 Å². The van der Waals surface area contributed by atoms with Gasteiger partial charge in [0.1, 0.15) is 5.75 Å². The van der Waals surface area contributed by atoms with Crippen molar-refractivity contribution in [3.05, 3.63) is 63.4 Å². The standard InChI is InChI=1S/C16H17F2N2O5PS.C7H12O2/c1-26(25-11-5-3-2-4-6-11)23-10-12-9-16(17,18)14(24-12)27-20-8-7-13(21)19-15(20)22;1-5(2)6-3-4-9-7(6)8/h2-8,12,14H,9-10H2,1H3,(H,19,21,22);5-6H,3-4H2,1-2H3/t12?,14?,26-;/m0./s1. The molecule has 0 saturated carbocycles. The Labute approximate surface area is 212 Å². The summed E-state index contributed by atoms with van der Waals surface area (Å²) in [4.78, 5) is 35.5. The quantitative estimate of drug-likeness (QED) is 0.391. The predicted octanol–water partition coefficient (Wildman–Crippen LogP) is 4.03. The van der Waals surface area contributed by atoms with Crippen LogP contribution in [0, 0.1) is 11.8 Å². The smallest absolute Gasteiger partial charge is 0.338 e. The van der Waals surface area contributed by atoms with E-state index in [2.05, 4.69) is 13.8 Å². The number of carbonyl (C=O) groups is 1. The largest absolute Gasteiger partial charge is 0.465 e. The number of nitrogens with zero attached hydrogens (tertiary/aromatic N) is 1. The Kier molecular flexibility index (Phi) is 10.1. The zero-order valence-corrected chi connectivity index (χ0v) is 21.8. The van der Waals surface area contributed by atoms with E-state index in [1.807, 2.05) is 23.2 Å². The van der Waals surface area contributed by atoms with Crippen molar-refractivity contribution in [1.29, 1.82) is 0 Å². The number of ether oxygens (including phenoxy) is 2. The molecule has 0 bridgehead atoms. The molecule has 9 nitrogen and oxygen atoms in total. The van der Waals surface area contributed by atoms with Gasteiger partial charge in [-0.05, 0) is 36.4 Å². The van der Waals surface area contributed by atoms with Crippen molar-refractivity contribution in [1.82, 2.24) is 8.96 Å². The number of rotatable bonds is 8. The summed E-state index contributed by atoms with van der Waals surface area (Å²) in [5.41, 5.74) is -2.95. The summed E-state index contributed by atoms with van der Waals surface area (Å²) in [6.45, 7) is 6.40. The van der Waals surface area contributed by atoms with E-state index in [1.165, 1.54) is 0 Å². The van der Waals surface area contributed by atoms with Gasteiger partial charge in [-0.2, -0.15) is 0 Å². The fourth-order valence-corrected chi connectivity index (χ4v) is 5.26. The number of nitrogens with one attached hydrogen (secondary N) is 1. The van der Waals surface area contributed by atoms with E-state index in [9.17, 15) is 23.2 Å². The minimum Gasteiger partial charge on any atom is -0.465 e. The molecule has 0 radical (unpaired) electrons. The number of H-pyrrole nitrogens is 1. The van der Waals surface area contributed by atoms with Crippen molar-refractivity contribution in [3.8, 4) is 5.75 Å². The molecule has 0 aliphatic carbocycles. The second-order valence-electron chi connectivity index (χ2n) is 8.54. The lowest BCUT2D eigenvalue weighted by Crippen LogP contribution is -2.31. The number of alkyl halides is 2. The Bertz CT molecular complexity index is 1120. The van der Waals surface area contributed by atoms with Crippen molar-refractivity contribution < 1.29 is 32.1 Å². The van der Waals surface area contributed by atoms with Crippen LogP contribution in [0.25, 0.3) is 0 Å². The lowest BCUT2D eigenvalue weighted by Gasteiger charge is -2.18. The van der Waals surface area contributed by atoms with Crippen LogP contribution in [0.4, 0.5) is 8.78 Å². The molecular formula is C23H29F2N2O7PS. The maximum Gasteiger partial charge on any atom is 0.338 e. The molecule has 2 aliphatic heterocycles. The molecule has 0 spiro atoms. The average molecular weight is 547 g/mol. The molecule has 1 aromatic heterocycles. The third-order valence-electron chi connectivity index (χ3n) is 5.36. The first-order valence-electron chi connectivity index (χ1n) is 11.3. The second-order valence-corrected chi connectivity index (χ2v) is 10.9. The lowest BCUT2D eigenvalue weighted by atomic mass is 9.95. The molecule has 0 amide bonds. The van der Waals surface area contributed by atoms with E-state index < -0.39 is 43.5 Å². The molecule has 3 heterocycles. The molecule has 2 fully saturated rings. The molecule has 198 valence electrons. The van der Waals surface area contributed by atoms with Gasteiger partial charge in [0.25, 0.3) is 11.5 Å². The van der Waals surface area contributed by atoms with Gasteiger partial charge in [0.05, 0.1) is 25.2 Å². The first-order valence-corrected chi connectivity index (χ1v) is 13.8. The Balaban J connectivity index is 0.000000338. The van der Waals surface area contributed by atoms with Crippen LogP contribution in [-0.2, 0) is 18.8 Å². The molecule has 2 aromatic rings. The first-order chi connectivity index (χ1) is 17.0. The third kappa shape index (κ3) is 8.12. The maximum atomic E-state index is 14.2. The fourth-order valence-electron chi connectivity index (χ4n) is 3.47. The number of carbonyl (C=O) groups excluding carboxylic acids is 1. The summed E-state index contributed by atoms with van der Waals surface area (Å²) in [5.74, 6) is -1.91.